The number of rotatable bonds is 5. The van der Waals surface area contributed by atoms with Gasteiger partial charge in [-0.2, -0.15) is 0 Å². The molecule has 1 fully saturated rings. The highest BCUT2D eigenvalue weighted by Crippen LogP contribution is 2.33. The number of ether oxygens (including phenoxy) is 2. The molecule has 0 aromatic heterocycles. The SMILES string of the molecule is CCCOc1ccc(C2COCC(=O)N2c2ccc(N)c(N)c2)cc1. The fraction of sp³-hybridized carbons (Fsp3) is 0.316. The minimum absolute atomic E-state index is 0.0540. The molecule has 0 radical (unpaired) electrons. The van der Waals surface area contributed by atoms with Crippen LogP contribution in [0.5, 0.6) is 5.75 Å². The zero-order valence-corrected chi connectivity index (χ0v) is 14.3. The van der Waals surface area contributed by atoms with E-state index in [1.807, 2.05) is 24.3 Å². The second-order valence-electron chi connectivity index (χ2n) is 6.03. The third kappa shape index (κ3) is 3.69. The van der Waals surface area contributed by atoms with Crippen molar-refractivity contribution in [2.75, 3.05) is 36.2 Å². The Morgan fingerprint density at radius 3 is 2.60 bits per heavy atom. The molecule has 1 saturated heterocycles. The van der Waals surface area contributed by atoms with E-state index in [-0.39, 0.29) is 18.6 Å². The van der Waals surface area contributed by atoms with Gasteiger partial charge < -0.3 is 25.8 Å². The zero-order chi connectivity index (χ0) is 17.8. The fourth-order valence-electron chi connectivity index (χ4n) is 2.86. The van der Waals surface area contributed by atoms with Crippen LogP contribution >= 0.6 is 0 Å². The van der Waals surface area contributed by atoms with Gasteiger partial charge in [-0.05, 0) is 42.3 Å². The van der Waals surface area contributed by atoms with Gasteiger partial charge >= 0.3 is 0 Å². The number of amides is 1. The van der Waals surface area contributed by atoms with Gasteiger partial charge in [-0.3, -0.25) is 4.79 Å². The summed E-state index contributed by atoms with van der Waals surface area (Å²) in [6.45, 7) is 3.22. The maximum atomic E-state index is 12.5. The van der Waals surface area contributed by atoms with E-state index in [1.54, 1.807) is 23.1 Å². The number of nitrogens with two attached hydrogens (primary N) is 2. The molecule has 2 aromatic carbocycles. The van der Waals surface area contributed by atoms with E-state index < -0.39 is 0 Å². The molecule has 3 rings (SSSR count). The van der Waals surface area contributed by atoms with Crippen LogP contribution in [0.1, 0.15) is 24.9 Å². The largest absolute Gasteiger partial charge is 0.494 e. The molecule has 0 saturated carbocycles. The number of anilines is 3. The van der Waals surface area contributed by atoms with Crippen LogP contribution in [0.4, 0.5) is 17.1 Å². The summed E-state index contributed by atoms with van der Waals surface area (Å²) in [6.07, 6.45) is 0.957. The molecule has 6 nitrogen and oxygen atoms in total. The van der Waals surface area contributed by atoms with E-state index in [4.69, 9.17) is 20.9 Å². The summed E-state index contributed by atoms with van der Waals surface area (Å²) in [4.78, 5) is 14.2. The number of benzene rings is 2. The molecule has 4 N–H and O–H groups in total. The number of nitrogen functional groups attached to an aromatic ring is 2. The summed E-state index contributed by atoms with van der Waals surface area (Å²) < 4.78 is 11.1. The Kier molecular flexibility index (Phi) is 5.09. The normalized spacial score (nSPS) is 17.6. The lowest BCUT2D eigenvalue weighted by molar-refractivity contribution is -0.127. The summed E-state index contributed by atoms with van der Waals surface area (Å²) in [6, 6.07) is 12.8. The molecule has 0 bridgehead atoms. The van der Waals surface area contributed by atoms with E-state index in [0.717, 1.165) is 23.4 Å². The molecule has 6 heteroatoms. The Bertz CT molecular complexity index is 746. The Morgan fingerprint density at radius 2 is 1.92 bits per heavy atom. The van der Waals surface area contributed by atoms with Gasteiger partial charge in [0.05, 0.1) is 30.6 Å². The predicted octanol–water partition coefficient (Wildman–Crippen LogP) is 2.74. The second kappa shape index (κ2) is 7.44. The van der Waals surface area contributed by atoms with Crippen molar-refractivity contribution < 1.29 is 14.3 Å². The van der Waals surface area contributed by atoms with Crippen LogP contribution in [-0.2, 0) is 9.53 Å². The molecule has 1 unspecified atom stereocenters. The molecular formula is C19H23N3O3. The Balaban J connectivity index is 1.89. The van der Waals surface area contributed by atoms with Crippen molar-refractivity contribution in [1.82, 2.24) is 0 Å². The molecule has 1 heterocycles. The number of hydrogen-bond acceptors (Lipinski definition) is 5. The third-order valence-electron chi connectivity index (χ3n) is 4.17. The third-order valence-corrected chi connectivity index (χ3v) is 4.17. The summed E-state index contributed by atoms with van der Waals surface area (Å²) >= 11 is 0. The maximum Gasteiger partial charge on any atom is 0.253 e. The summed E-state index contributed by atoms with van der Waals surface area (Å²) in [5.41, 5.74) is 14.4. The van der Waals surface area contributed by atoms with Crippen LogP contribution in [-0.4, -0.2) is 25.7 Å². The molecular weight excluding hydrogens is 318 g/mol. The van der Waals surface area contributed by atoms with Gasteiger partial charge in [0.15, 0.2) is 0 Å². The van der Waals surface area contributed by atoms with Crippen LogP contribution in [0.3, 0.4) is 0 Å². The fourth-order valence-corrected chi connectivity index (χ4v) is 2.86. The van der Waals surface area contributed by atoms with Crippen molar-refractivity contribution in [3.63, 3.8) is 0 Å². The van der Waals surface area contributed by atoms with Gasteiger partial charge in [-0.25, -0.2) is 0 Å². The molecule has 1 aliphatic heterocycles. The molecule has 1 aliphatic rings. The van der Waals surface area contributed by atoms with Crippen molar-refractivity contribution in [3.05, 3.63) is 48.0 Å². The van der Waals surface area contributed by atoms with E-state index in [9.17, 15) is 4.79 Å². The highest BCUT2D eigenvalue weighted by atomic mass is 16.5. The van der Waals surface area contributed by atoms with Crippen molar-refractivity contribution in [3.8, 4) is 5.75 Å². The summed E-state index contributed by atoms with van der Waals surface area (Å²) in [5.74, 6) is 0.712. The van der Waals surface area contributed by atoms with E-state index in [0.29, 0.717) is 24.6 Å². The van der Waals surface area contributed by atoms with Gasteiger partial charge in [0.1, 0.15) is 12.4 Å². The van der Waals surface area contributed by atoms with Crippen molar-refractivity contribution in [2.24, 2.45) is 0 Å². The molecule has 0 aliphatic carbocycles. The first-order chi connectivity index (χ1) is 12.1. The van der Waals surface area contributed by atoms with Gasteiger partial charge in [0.25, 0.3) is 5.91 Å². The minimum Gasteiger partial charge on any atom is -0.494 e. The van der Waals surface area contributed by atoms with Crippen LogP contribution in [0, 0.1) is 0 Å². The lowest BCUT2D eigenvalue weighted by Crippen LogP contribution is -2.44. The summed E-state index contributed by atoms with van der Waals surface area (Å²) in [5, 5.41) is 0. The van der Waals surface area contributed by atoms with Crippen molar-refractivity contribution in [2.45, 2.75) is 19.4 Å². The number of hydrogen-bond donors (Lipinski definition) is 2. The average Bonchev–Trinajstić information content (AvgIpc) is 2.63. The van der Waals surface area contributed by atoms with Crippen LogP contribution < -0.4 is 21.1 Å². The highest BCUT2D eigenvalue weighted by Gasteiger charge is 2.31. The predicted molar refractivity (Wildman–Crippen MR) is 98.5 cm³/mol. The maximum absolute atomic E-state index is 12.5. The quantitative estimate of drug-likeness (QED) is 0.816. The van der Waals surface area contributed by atoms with E-state index >= 15 is 0 Å². The van der Waals surface area contributed by atoms with E-state index in [1.165, 1.54) is 0 Å². The molecule has 1 atom stereocenters. The van der Waals surface area contributed by atoms with Crippen LogP contribution in [0.25, 0.3) is 0 Å². The first kappa shape index (κ1) is 17.1. The Morgan fingerprint density at radius 1 is 1.16 bits per heavy atom. The van der Waals surface area contributed by atoms with Crippen molar-refractivity contribution >= 4 is 23.0 Å². The molecule has 25 heavy (non-hydrogen) atoms. The first-order valence-electron chi connectivity index (χ1n) is 8.37. The van der Waals surface area contributed by atoms with E-state index in [2.05, 4.69) is 6.92 Å². The van der Waals surface area contributed by atoms with Gasteiger partial charge in [-0.15, -0.1) is 0 Å². The number of carbonyl (C=O) groups excluding carboxylic acids is 1. The Hall–Kier alpha value is -2.73. The average molecular weight is 341 g/mol. The molecule has 132 valence electrons. The lowest BCUT2D eigenvalue weighted by atomic mass is 10.0. The zero-order valence-electron chi connectivity index (χ0n) is 14.3. The topological polar surface area (TPSA) is 90.8 Å². The number of morpholine rings is 1. The smallest absolute Gasteiger partial charge is 0.253 e. The van der Waals surface area contributed by atoms with Gasteiger partial charge in [0.2, 0.25) is 0 Å². The molecule has 2 aromatic rings. The number of nitrogens with zero attached hydrogens (tertiary/aromatic N) is 1. The van der Waals surface area contributed by atoms with Gasteiger partial charge in [0, 0.05) is 5.69 Å². The highest BCUT2D eigenvalue weighted by molar-refractivity contribution is 5.96. The van der Waals surface area contributed by atoms with Gasteiger partial charge in [-0.1, -0.05) is 19.1 Å². The van der Waals surface area contributed by atoms with Crippen LogP contribution in [0.15, 0.2) is 42.5 Å². The molecule has 0 spiro atoms. The standard InChI is InChI=1S/C19H23N3O3/c1-2-9-25-15-6-3-13(4-7-15)18-11-24-12-19(23)22(18)14-5-8-16(20)17(21)10-14/h3-8,10,18H,2,9,11-12,20-21H2,1H3. The Labute approximate surface area is 147 Å². The monoisotopic (exact) mass is 341 g/mol. The number of carbonyl (C=O) groups is 1. The molecule has 1 amide bonds. The van der Waals surface area contributed by atoms with Crippen molar-refractivity contribution in [1.29, 1.82) is 0 Å². The second-order valence-corrected chi connectivity index (χ2v) is 6.03. The van der Waals surface area contributed by atoms with Crippen LogP contribution in [0.2, 0.25) is 0 Å². The summed E-state index contributed by atoms with van der Waals surface area (Å²) in [7, 11) is 0. The lowest BCUT2D eigenvalue weighted by Gasteiger charge is -2.36. The first-order valence-corrected chi connectivity index (χ1v) is 8.37. The minimum atomic E-state index is -0.218.